The molecule has 0 spiro atoms. The van der Waals surface area contributed by atoms with Gasteiger partial charge in [0.15, 0.2) is 0 Å². The number of nitrogens with two attached hydrogens (primary N) is 1. The standard InChI is InChI=1S/C13H14Cl2N2S/c1-8-7-18-13(12(8)15)11(17-16)6-9-2-4-10(14)5-3-9/h2-5,7,11,17H,6,16H2,1H3. The summed E-state index contributed by atoms with van der Waals surface area (Å²) >= 11 is 13.8. The molecule has 1 heterocycles. The lowest BCUT2D eigenvalue weighted by Gasteiger charge is -2.15. The Kier molecular flexibility index (Phi) is 4.65. The molecule has 3 N–H and O–H groups in total. The van der Waals surface area contributed by atoms with E-state index in [4.69, 9.17) is 29.0 Å². The summed E-state index contributed by atoms with van der Waals surface area (Å²) in [6.07, 6.45) is 0.785. The molecule has 2 rings (SSSR count). The monoisotopic (exact) mass is 300 g/mol. The minimum atomic E-state index is 0.0253. The first kappa shape index (κ1) is 13.8. The highest BCUT2D eigenvalue weighted by atomic mass is 35.5. The highest BCUT2D eigenvalue weighted by Gasteiger charge is 2.17. The molecule has 0 saturated heterocycles. The molecule has 0 aliphatic rings. The molecule has 18 heavy (non-hydrogen) atoms. The van der Waals surface area contributed by atoms with Crippen molar-refractivity contribution in [1.29, 1.82) is 0 Å². The minimum absolute atomic E-state index is 0.0253. The summed E-state index contributed by atoms with van der Waals surface area (Å²) in [5, 5.41) is 3.59. The Labute approximate surface area is 121 Å². The highest BCUT2D eigenvalue weighted by molar-refractivity contribution is 7.10. The second-order valence-electron chi connectivity index (χ2n) is 4.15. The van der Waals surface area contributed by atoms with Gasteiger partial charge in [-0.2, -0.15) is 0 Å². The van der Waals surface area contributed by atoms with E-state index in [1.54, 1.807) is 11.3 Å². The van der Waals surface area contributed by atoms with E-state index in [9.17, 15) is 0 Å². The van der Waals surface area contributed by atoms with Crippen LogP contribution in [0.4, 0.5) is 0 Å². The highest BCUT2D eigenvalue weighted by Crippen LogP contribution is 2.33. The zero-order valence-corrected chi connectivity index (χ0v) is 12.2. The smallest absolute Gasteiger partial charge is 0.0608 e. The molecule has 96 valence electrons. The van der Waals surface area contributed by atoms with Crippen LogP contribution in [0.5, 0.6) is 0 Å². The van der Waals surface area contributed by atoms with Gasteiger partial charge in [0.2, 0.25) is 0 Å². The SMILES string of the molecule is Cc1csc(C(Cc2ccc(Cl)cc2)NN)c1Cl. The minimum Gasteiger partial charge on any atom is -0.271 e. The van der Waals surface area contributed by atoms with Crippen molar-refractivity contribution in [2.75, 3.05) is 0 Å². The number of aryl methyl sites for hydroxylation is 1. The van der Waals surface area contributed by atoms with Crippen LogP contribution in [0.25, 0.3) is 0 Å². The second kappa shape index (κ2) is 6.04. The van der Waals surface area contributed by atoms with Crippen LogP contribution in [0.3, 0.4) is 0 Å². The summed E-state index contributed by atoms with van der Waals surface area (Å²) in [7, 11) is 0. The molecule has 0 amide bonds. The Hall–Kier alpha value is -0.580. The Morgan fingerprint density at radius 1 is 1.28 bits per heavy atom. The van der Waals surface area contributed by atoms with E-state index in [1.165, 1.54) is 5.56 Å². The third-order valence-electron chi connectivity index (χ3n) is 2.80. The summed E-state index contributed by atoms with van der Waals surface area (Å²) in [5.41, 5.74) is 5.09. The van der Waals surface area contributed by atoms with Crippen LogP contribution in [0.2, 0.25) is 10.0 Å². The summed E-state index contributed by atoms with van der Waals surface area (Å²) in [5.74, 6) is 5.63. The van der Waals surface area contributed by atoms with Crippen LogP contribution < -0.4 is 11.3 Å². The van der Waals surface area contributed by atoms with Gasteiger partial charge in [-0.05, 0) is 42.0 Å². The largest absolute Gasteiger partial charge is 0.271 e. The Bertz CT molecular complexity index is 522. The zero-order valence-electron chi connectivity index (χ0n) is 9.91. The van der Waals surface area contributed by atoms with Crippen molar-refractivity contribution in [2.24, 2.45) is 5.84 Å². The van der Waals surface area contributed by atoms with Crippen LogP contribution in [-0.4, -0.2) is 0 Å². The van der Waals surface area contributed by atoms with Crippen LogP contribution in [0, 0.1) is 6.92 Å². The molecule has 1 aromatic heterocycles. The number of halogens is 2. The van der Waals surface area contributed by atoms with Gasteiger partial charge >= 0.3 is 0 Å². The molecule has 1 aromatic carbocycles. The maximum Gasteiger partial charge on any atom is 0.0608 e. The number of hydrogen-bond acceptors (Lipinski definition) is 3. The summed E-state index contributed by atoms with van der Waals surface area (Å²) < 4.78 is 0. The van der Waals surface area contributed by atoms with Gasteiger partial charge in [0.25, 0.3) is 0 Å². The van der Waals surface area contributed by atoms with Gasteiger partial charge < -0.3 is 0 Å². The molecule has 0 aliphatic carbocycles. The number of hydrazine groups is 1. The molecule has 0 saturated carbocycles. The third-order valence-corrected chi connectivity index (χ3v) is 4.88. The average Bonchev–Trinajstić information content (AvgIpc) is 2.70. The molecule has 2 aromatic rings. The van der Waals surface area contributed by atoms with Crippen molar-refractivity contribution in [3.8, 4) is 0 Å². The molecule has 0 radical (unpaired) electrons. The fourth-order valence-corrected chi connectivity index (χ4v) is 3.28. The van der Waals surface area contributed by atoms with E-state index >= 15 is 0 Å². The lowest BCUT2D eigenvalue weighted by Crippen LogP contribution is -2.29. The second-order valence-corrected chi connectivity index (χ2v) is 5.87. The predicted octanol–water partition coefficient (Wildman–Crippen LogP) is 4.11. The number of hydrogen-bond donors (Lipinski definition) is 2. The summed E-state index contributed by atoms with van der Waals surface area (Å²) in [6.45, 7) is 2.00. The fourth-order valence-electron chi connectivity index (χ4n) is 1.77. The number of nitrogens with one attached hydrogen (secondary N) is 1. The third kappa shape index (κ3) is 3.05. The first-order chi connectivity index (χ1) is 8.61. The van der Waals surface area contributed by atoms with Gasteiger partial charge in [-0.25, -0.2) is 0 Å². The Morgan fingerprint density at radius 3 is 2.44 bits per heavy atom. The number of benzene rings is 1. The molecule has 1 atom stereocenters. The average molecular weight is 301 g/mol. The maximum atomic E-state index is 6.27. The van der Waals surface area contributed by atoms with Gasteiger partial charge in [-0.3, -0.25) is 11.3 Å². The van der Waals surface area contributed by atoms with Crippen molar-refractivity contribution in [1.82, 2.24) is 5.43 Å². The maximum absolute atomic E-state index is 6.27. The first-order valence-corrected chi connectivity index (χ1v) is 7.19. The van der Waals surface area contributed by atoms with Crippen molar-refractivity contribution in [3.63, 3.8) is 0 Å². The first-order valence-electron chi connectivity index (χ1n) is 5.56. The Morgan fingerprint density at radius 2 is 1.94 bits per heavy atom. The fraction of sp³-hybridized carbons (Fsp3) is 0.231. The summed E-state index contributed by atoms with van der Waals surface area (Å²) in [4.78, 5) is 1.08. The topological polar surface area (TPSA) is 38.0 Å². The number of thiophene rings is 1. The molecule has 1 unspecified atom stereocenters. The van der Waals surface area contributed by atoms with Gasteiger partial charge in [0, 0.05) is 9.90 Å². The van der Waals surface area contributed by atoms with Crippen LogP contribution >= 0.6 is 34.5 Å². The molecular weight excluding hydrogens is 287 g/mol. The lowest BCUT2D eigenvalue weighted by molar-refractivity contribution is 0.560. The van der Waals surface area contributed by atoms with Gasteiger partial charge in [0.05, 0.1) is 11.1 Å². The normalized spacial score (nSPS) is 12.7. The van der Waals surface area contributed by atoms with E-state index in [2.05, 4.69) is 5.43 Å². The van der Waals surface area contributed by atoms with Crippen LogP contribution in [-0.2, 0) is 6.42 Å². The predicted molar refractivity (Wildman–Crippen MR) is 79.3 cm³/mol. The zero-order chi connectivity index (χ0) is 13.1. The van der Waals surface area contributed by atoms with Gasteiger partial charge in [0.1, 0.15) is 0 Å². The van der Waals surface area contributed by atoms with Crippen molar-refractivity contribution < 1.29 is 0 Å². The van der Waals surface area contributed by atoms with E-state index < -0.39 is 0 Å². The van der Waals surface area contributed by atoms with Gasteiger partial charge in [-0.15, -0.1) is 11.3 Å². The summed E-state index contributed by atoms with van der Waals surface area (Å²) in [6, 6.07) is 7.79. The van der Waals surface area contributed by atoms with Crippen molar-refractivity contribution in [2.45, 2.75) is 19.4 Å². The molecule has 5 heteroatoms. The molecule has 0 aliphatic heterocycles. The van der Waals surface area contributed by atoms with E-state index in [0.29, 0.717) is 0 Å². The van der Waals surface area contributed by atoms with Gasteiger partial charge in [-0.1, -0.05) is 35.3 Å². The lowest BCUT2D eigenvalue weighted by atomic mass is 10.0. The van der Waals surface area contributed by atoms with E-state index in [0.717, 1.165) is 26.9 Å². The van der Waals surface area contributed by atoms with Crippen molar-refractivity contribution >= 4 is 34.5 Å². The van der Waals surface area contributed by atoms with E-state index in [1.807, 2.05) is 36.6 Å². The van der Waals surface area contributed by atoms with Crippen LogP contribution in [0.1, 0.15) is 22.0 Å². The molecular formula is C13H14Cl2N2S. The number of rotatable bonds is 4. The molecule has 2 nitrogen and oxygen atoms in total. The molecule has 0 bridgehead atoms. The van der Waals surface area contributed by atoms with E-state index in [-0.39, 0.29) is 6.04 Å². The van der Waals surface area contributed by atoms with Crippen LogP contribution in [0.15, 0.2) is 29.6 Å². The quantitative estimate of drug-likeness (QED) is 0.659. The van der Waals surface area contributed by atoms with Crippen molar-refractivity contribution in [3.05, 3.63) is 55.7 Å². The molecule has 0 fully saturated rings. The Balaban J connectivity index is 2.19.